The van der Waals surface area contributed by atoms with Crippen LogP contribution in [0.5, 0.6) is 0 Å². The summed E-state index contributed by atoms with van der Waals surface area (Å²) in [4.78, 5) is 16.7. The maximum atomic E-state index is 13.6. The Kier molecular flexibility index (Phi) is 8.18. The van der Waals surface area contributed by atoms with E-state index in [1.54, 1.807) is 0 Å². The van der Waals surface area contributed by atoms with Crippen molar-refractivity contribution >= 4 is 39.8 Å². The van der Waals surface area contributed by atoms with Crippen LogP contribution in [-0.2, 0) is 19.7 Å². The monoisotopic (exact) mass is 523 g/mol. The van der Waals surface area contributed by atoms with Crippen molar-refractivity contribution in [1.82, 2.24) is 14.0 Å². The van der Waals surface area contributed by atoms with Gasteiger partial charge in [0.05, 0.1) is 17.0 Å². The molecule has 0 aliphatic heterocycles. The van der Waals surface area contributed by atoms with Crippen LogP contribution < -0.4 is 10.2 Å². The molecule has 7 heteroatoms. The summed E-state index contributed by atoms with van der Waals surface area (Å²) in [6, 6.07) is 14.0. The van der Waals surface area contributed by atoms with E-state index in [0.717, 1.165) is 65.1 Å². The minimum Gasteiger partial charge on any atom is -0.390 e. The van der Waals surface area contributed by atoms with Crippen LogP contribution >= 0.6 is 23.5 Å². The summed E-state index contributed by atoms with van der Waals surface area (Å²) in [5.74, 6) is 0.890. The third-order valence-corrected chi connectivity index (χ3v) is 8.40. The topological polar surface area (TPSA) is 57.0 Å². The molecular formula is C29H34ClN3O2S. The lowest BCUT2D eigenvalue weighted by Crippen LogP contribution is -2.28. The van der Waals surface area contributed by atoms with Gasteiger partial charge in [-0.05, 0) is 85.3 Å². The van der Waals surface area contributed by atoms with Crippen LogP contribution in [0, 0.1) is 5.92 Å². The second-order valence-corrected chi connectivity index (χ2v) is 11.3. The fourth-order valence-corrected chi connectivity index (χ4v) is 6.08. The largest absolute Gasteiger partial charge is 0.390 e. The molecule has 5 nitrogen and oxygen atoms in total. The quantitative estimate of drug-likeness (QED) is 0.215. The maximum absolute atomic E-state index is 13.6. The number of benzene rings is 2. The fraction of sp³-hybridized carbons (Fsp3) is 0.414. The summed E-state index contributed by atoms with van der Waals surface area (Å²) >= 11 is 7.33. The molecule has 0 spiro atoms. The van der Waals surface area contributed by atoms with Crippen LogP contribution in [0.3, 0.4) is 0 Å². The number of pyridine rings is 1. The van der Waals surface area contributed by atoms with Crippen LogP contribution in [0.1, 0.15) is 55.8 Å². The third kappa shape index (κ3) is 5.58. The predicted octanol–water partition coefficient (Wildman–Crippen LogP) is 6.24. The van der Waals surface area contributed by atoms with E-state index in [1.807, 2.05) is 40.9 Å². The zero-order valence-corrected chi connectivity index (χ0v) is 22.4. The smallest absolute Gasteiger partial charge is 0.204 e. The molecule has 190 valence electrons. The highest BCUT2D eigenvalue weighted by Gasteiger charge is 2.20. The number of aromatic nitrogens is 1. The molecular weight excluding hydrogens is 490 g/mol. The van der Waals surface area contributed by atoms with Gasteiger partial charge in [0.2, 0.25) is 5.43 Å². The maximum Gasteiger partial charge on any atom is 0.204 e. The summed E-state index contributed by atoms with van der Waals surface area (Å²) < 4.78 is 5.29. The Hall–Kier alpha value is -2.09. The van der Waals surface area contributed by atoms with Crippen molar-refractivity contribution in [3.8, 4) is 0 Å². The van der Waals surface area contributed by atoms with Crippen molar-refractivity contribution in [3.05, 3.63) is 80.7 Å². The fourth-order valence-electron chi connectivity index (χ4n) is 5.20. The molecule has 0 atom stereocenters. The third-order valence-electron chi connectivity index (χ3n) is 7.34. The summed E-state index contributed by atoms with van der Waals surface area (Å²) in [5.41, 5.74) is 3.97. The molecule has 0 unspecified atom stereocenters. The average molecular weight is 524 g/mol. The van der Waals surface area contributed by atoms with E-state index in [2.05, 4.69) is 28.7 Å². The van der Waals surface area contributed by atoms with Gasteiger partial charge in [0, 0.05) is 40.8 Å². The number of hydrogen-bond acceptors (Lipinski definition) is 5. The highest BCUT2D eigenvalue weighted by atomic mass is 35.5. The molecule has 1 aliphatic rings. The zero-order chi connectivity index (χ0) is 25.1. The summed E-state index contributed by atoms with van der Waals surface area (Å²) in [7, 11) is 0. The van der Waals surface area contributed by atoms with E-state index in [0.29, 0.717) is 16.5 Å². The molecule has 0 radical (unpaired) electrons. The molecule has 1 aliphatic carbocycles. The first-order valence-electron chi connectivity index (χ1n) is 13.0. The zero-order valence-electron chi connectivity index (χ0n) is 20.8. The first-order valence-corrected chi connectivity index (χ1v) is 14.2. The number of halogens is 1. The molecule has 0 bridgehead atoms. The van der Waals surface area contributed by atoms with Gasteiger partial charge in [0.15, 0.2) is 0 Å². The van der Waals surface area contributed by atoms with Crippen LogP contribution in [0.2, 0.25) is 5.02 Å². The van der Waals surface area contributed by atoms with Crippen molar-refractivity contribution < 1.29 is 5.11 Å². The SMILES string of the molecule is CCCN(CCC1CCC1)Cc1cc2cc(CO)n3cc(SNCc4ccc(Cl)cc4)c(=O)c(c1)c23. The molecule has 0 saturated heterocycles. The molecule has 2 heterocycles. The van der Waals surface area contributed by atoms with Gasteiger partial charge in [-0.3, -0.25) is 14.4 Å². The Morgan fingerprint density at radius 1 is 1.14 bits per heavy atom. The van der Waals surface area contributed by atoms with Crippen molar-refractivity contribution in [2.24, 2.45) is 5.92 Å². The normalized spacial score (nSPS) is 14.3. The van der Waals surface area contributed by atoms with Crippen molar-refractivity contribution in [2.75, 3.05) is 13.1 Å². The Balaban J connectivity index is 1.41. The van der Waals surface area contributed by atoms with Crippen molar-refractivity contribution in [2.45, 2.75) is 63.6 Å². The molecule has 36 heavy (non-hydrogen) atoms. The van der Waals surface area contributed by atoms with Gasteiger partial charge in [-0.2, -0.15) is 0 Å². The molecule has 2 aromatic heterocycles. The molecule has 1 fully saturated rings. The standard InChI is InChI=1S/C29H34ClN3O2S/c1-2-11-32(12-10-20-4-3-5-20)17-22-13-23-15-25(19-34)33-18-27(29(35)26(14-22)28(23)33)36-31-16-21-6-8-24(30)9-7-21/h6-9,13-15,18,20,31,34H,2-5,10-12,16-17,19H2,1H3. The van der Waals surface area contributed by atoms with Crippen molar-refractivity contribution in [3.63, 3.8) is 0 Å². The van der Waals surface area contributed by atoms with Crippen LogP contribution in [0.25, 0.3) is 16.3 Å². The van der Waals surface area contributed by atoms with Gasteiger partial charge in [0.1, 0.15) is 0 Å². The number of hydrogen-bond donors (Lipinski definition) is 2. The lowest BCUT2D eigenvalue weighted by atomic mass is 9.83. The second-order valence-electron chi connectivity index (χ2n) is 9.98. The molecule has 2 aromatic carbocycles. The Labute approximate surface area is 221 Å². The number of nitrogens with one attached hydrogen (secondary N) is 1. The highest BCUT2D eigenvalue weighted by Crippen LogP contribution is 2.31. The summed E-state index contributed by atoms with van der Waals surface area (Å²) in [6.07, 6.45) is 8.37. The highest BCUT2D eigenvalue weighted by molar-refractivity contribution is 7.97. The molecule has 4 aromatic rings. The minimum absolute atomic E-state index is 0.0297. The van der Waals surface area contributed by atoms with E-state index in [-0.39, 0.29) is 12.0 Å². The van der Waals surface area contributed by atoms with Gasteiger partial charge in [0.25, 0.3) is 0 Å². The first-order chi connectivity index (χ1) is 17.6. The second kappa shape index (κ2) is 11.5. The number of nitrogens with zero attached hydrogens (tertiary/aromatic N) is 2. The lowest BCUT2D eigenvalue weighted by molar-refractivity contribution is 0.208. The predicted molar refractivity (Wildman–Crippen MR) is 150 cm³/mol. The Morgan fingerprint density at radius 3 is 2.64 bits per heavy atom. The van der Waals surface area contributed by atoms with E-state index in [9.17, 15) is 9.90 Å². The number of aliphatic hydroxyl groups is 1. The van der Waals surface area contributed by atoms with Crippen molar-refractivity contribution in [1.29, 1.82) is 0 Å². The van der Waals surface area contributed by atoms with E-state index in [1.165, 1.54) is 37.6 Å². The number of aliphatic hydroxyl groups excluding tert-OH is 1. The van der Waals surface area contributed by atoms with E-state index < -0.39 is 0 Å². The first kappa shape index (κ1) is 25.6. The van der Waals surface area contributed by atoms with Gasteiger partial charge >= 0.3 is 0 Å². The minimum atomic E-state index is -0.0758. The van der Waals surface area contributed by atoms with Crippen LogP contribution in [0.15, 0.2) is 58.4 Å². The Bertz CT molecular complexity index is 1370. The molecule has 0 amide bonds. The molecule has 2 N–H and O–H groups in total. The van der Waals surface area contributed by atoms with Gasteiger partial charge in [-0.25, -0.2) is 0 Å². The van der Waals surface area contributed by atoms with Gasteiger partial charge in [-0.15, -0.1) is 0 Å². The Morgan fingerprint density at radius 2 is 1.94 bits per heavy atom. The summed E-state index contributed by atoms with van der Waals surface area (Å²) in [5, 5.41) is 12.5. The number of rotatable bonds is 12. The van der Waals surface area contributed by atoms with Gasteiger partial charge in [-0.1, -0.05) is 49.9 Å². The van der Waals surface area contributed by atoms with Gasteiger partial charge < -0.3 is 9.51 Å². The molecule has 5 rings (SSSR count). The van der Waals surface area contributed by atoms with Crippen LogP contribution in [-0.4, -0.2) is 27.5 Å². The average Bonchev–Trinajstić information content (AvgIpc) is 3.20. The van der Waals surface area contributed by atoms with E-state index >= 15 is 0 Å². The van der Waals surface area contributed by atoms with Crippen LogP contribution in [0.4, 0.5) is 0 Å². The lowest BCUT2D eigenvalue weighted by Gasteiger charge is -2.29. The van der Waals surface area contributed by atoms with E-state index in [4.69, 9.17) is 11.6 Å². The summed E-state index contributed by atoms with van der Waals surface area (Å²) in [6.45, 7) is 5.78. The molecule has 1 saturated carbocycles.